The van der Waals surface area contributed by atoms with E-state index in [9.17, 15) is 0 Å². The molecule has 0 aliphatic heterocycles. The Bertz CT molecular complexity index is 218. The monoisotopic (exact) mass is 204 g/mol. The average molecular weight is 204 g/mol. The van der Waals surface area contributed by atoms with Crippen LogP contribution in [0.3, 0.4) is 0 Å². The van der Waals surface area contributed by atoms with Crippen LogP contribution in [0.5, 0.6) is 0 Å². The molecule has 1 aromatic rings. The first-order chi connectivity index (χ1) is 6.93. The van der Waals surface area contributed by atoms with Crippen LogP contribution in [0.15, 0.2) is 30.3 Å². The summed E-state index contributed by atoms with van der Waals surface area (Å²) in [6, 6.07) is 13.5. The van der Waals surface area contributed by atoms with Crippen LogP contribution in [0, 0.1) is 0 Å². The Morgan fingerprint density at radius 2 is 1.79 bits per heavy atom. The molecule has 0 heterocycles. The highest BCUT2D eigenvalue weighted by Gasteiger charge is 1.93. The summed E-state index contributed by atoms with van der Waals surface area (Å²) in [7, 11) is 1.12. The molecule has 0 unspecified atom stereocenters. The summed E-state index contributed by atoms with van der Waals surface area (Å²) < 4.78 is 0. The summed E-state index contributed by atoms with van der Waals surface area (Å²) in [5.74, 6) is 0. The summed E-state index contributed by atoms with van der Waals surface area (Å²) >= 11 is 0. The third-order valence-electron chi connectivity index (χ3n) is 2.38. The highest BCUT2D eigenvalue weighted by molar-refractivity contribution is 6.34. The molecule has 0 aliphatic carbocycles. The van der Waals surface area contributed by atoms with E-state index in [4.69, 9.17) is 0 Å². The molecule has 0 amide bonds. The van der Waals surface area contributed by atoms with Gasteiger partial charge in [-0.3, -0.25) is 0 Å². The maximum absolute atomic E-state index is 2.27. The molecule has 0 aromatic heterocycles. The van der Waals surface area contributed by atoms with Gasteiger partial charge in [-0.1, -0.05) is 74.5 Å². The fourth-order valence-corrected chi connectivity index (χ4v) is 2.71. The smallest absolute Gasteiger partial charge is 0.0428 e. The van der Waals surface area contributed by atoms with Crippen LogP contribution in [-0.2, 0) is 6.04 Å². The Hall–Kier alpha value is -0.563. The minimum Gasteiger partial charge on any atom is -0.0654 e. The van der Waals surface area contributed by atoms with Gasteiger partial charge in [0.05, 0.1) is 0 Å². The molecule has 0 nitrogen and oxygen atoms in total. The van der Waals surface area contributed by atoms with Gasteiger partial charge < -0.3 is 0 Å². The van der Waals surface area contributed by atoms with Crippen molar-refractivity contribution in [2.24, 2.45) is 0 Å². The van der Waals surface area contributed by atoms with Crippen molar-refractivity contribution in [1.29, 1.82) is 0 Å². The Kier molecular flexibility index (Phi) is 6.42. The van der Waals surface area contributed by atoms with Crippen molar-refractivity contribution in [1.82, 2.24) is 0 Å². The van der Waals surface area contributed by atoms with Gasteiger partial charge in [0, 0.05) is 9.52 Å². The molecule has 0 aliphatic rings. The molecule has 0 N–H and O–H groups in total. The molecular formula is C13H20Si. The van der Waals surface area contributed by atoms with E-state index in [0.29, 0.717) is 0 Å². The number of unbranched alkanes of at least 4 members (excludes halogenated alkanes) is 3. The van der Waals surface area contributed by atoms with Crippen molar-refractivity contribution < 1.29 is 0 Å². The van der Waals surface area contributed by atoms with E-state index in [1.807, 2.05) is 0 Å². The number of benzene rings is 1. The molecule has 76 valence electrons. The van der Waals surface area contributed by atoms with Gasteiger partial charge in [-0.2, -0.15) is 0 Å². The summed E-state index contributed by atoms with van der Waals surface area (Å²) in [6.45, 7) is 2.27. The number of hydrogen-bond donors (Lipinski definition) is 0. The molecule has 0 bridgehead atoms. The molecule has 0 atom stereocenters. The molecule has 1 aromatic carbocycles. The van der Waals surface area contributed by atoms with E-state index in [1.54, 1.807) is 0 Å². The zero-order valence-corrected chi connectivity index (χ0v) is 10.1. The molecule has 2 radical (unpaired) electrons. The lowest BCUT2D eigenvalue weighted by Gasteiger charge is -2.00. The van der Waals surface area contributed by atoms with Crippen molar-refractivity contribution in [3.05, 3.63) is 35.9 Å². The first-order valence-corrected chi connectivity index (χ1v) is 7.09. The first-order valence-electron chi connectivity index (χ1n) is 5.68. The summed E-state index contributed by atoms with van der Waals surface area (Å²) in [5.41, 5.74) is 1.50. The van der Waals surface area contributed by atoms with E-state index in [0.717, 1.165) is 9.52 Å². The van der Waals surface area contributed by atoms with E-state index >= 15 is 0 Å². The van der Waals surface area contributed by atoms with Crippen molar-refractivity contribution in [3.63, 3.8) is 0 Å². The minimum absolute atomic E-state index is 1.12. The molecule has 14 heavy (non-hydrogen) atoms. The quantitative estimate of drug-likeness (QED) is 0.467. The third kappa shape index (κ3) is 5.23. The van der Waals surface area contributed by atoms with Gasteiger partial charge in [-0.05, 0) is 6.04 Å². The van der Waals surface area contributed by atoms with Crippen molar-refractivity contribution >= 4 is 9.52 Å². The van der Waals surface area contributed by atoms with Crippen molar-refractivity contribution in [2.45, 2.75) is 44.7 Å². The van der Waals surface area contributed by atoms with Gasteiger partial charge >= 0.3 is 0 Å². The van der Waals surface area contributed by atoms with Crippen LogP contribution in [0.2, 0.25) is 6.04 Å². The second-order valence-electron chi connectivity index (χ2n) is 3.72. The topological polar surface area (TPSA) is 0 Å². The molecule has 0 fully saturated rings. The van der Waals surface area contributed by atoms with Crippen LogP contribution in [0.4, 0.5) is 0 Å². The van der Waals surface area contributed by atoms with Gasteiger partial charge in [0.15, 0.2) is 0 Å². The predicted molar refractivity (Wildman–Crippen MR) is 64.8 cm³/mol. The predicted octanol–water partition coefficient (Wildman–Crippen LogP) is 3.89. The lowest BCUT2D eigenvalue weighted by atomic mass is 10.2. The maximum Gasteiger partial charge on any atom is 0.0428 e. The van der Waals surface area contributed by atoms with Crippen LogP contribution in [0.1, 0.15) is 38.2 Å². The highest BCUT2D eigenvalue weighted by atomic mass is 28.2. The van der Waals surface area contributed by atoms with E-state index in [2.05, 4.69) is 37.3 Å². The second kappa shape index (κ2) is 7.81. The van der Waals surface area contributed by atoms with Gasteiger partial charge in [-0.25, -0.2) is 0 Å². The van der Waals surface area contributed by atoms with Crippen LogP contribution in [0.25, 0.3) is 0 Å². The zero-order valence-electron chi connectivity index (χ0n) is 9.13. The lowest BCUT2D eigenvalue weighted by Crippen LogP contribution is -1.95. The van der Waals surface area contributed by atoms with E-state index in [1.165, 1.54) is 43.3 Å². The Morgan fingerprint density at radius 3 is 2.50 bits per heavy atom. The molecule has 0 saturated heterocycles. The molecular weight excluding hydrogens is 184 g/mol. The van der Waals surface area contributed by atoms with Crippen LogP contribution in [-0.4, -0.2) is 9.52 Å². The largest absolute Gasteiger partial charge is 0.0654 e. The first kappa shape index (κ1) is 11.5. The highest BCUT2D eigenvalue weighted by Crippen LogP contribution is 2.05. The second-order valence-corrected chi connectivity index (χ2v) is 5.08. The summed E-state index contributed by atoms with van der Waals surface area (Å²) in [6.07, 6.45) is 5.62. The van der Waals surface area contributed by atoms with Gasteiger partial charge in [-0.15, -0.1) is 0 Å². The van der Waals surface area contributed by atoms with Crippen LogP contribution >= 0.6 is 0 Å². The molecule has 0 spiro atoms. The van der Waals surface area contributed by atoms with Crippen molar-refractivity contribution in [3.8, 4) is 0 Å². The van der Waals surface area contributed by atoms with Crippen LogP contribution < -0.4 is 0 Å². The van der Waals surface area contributed by atoms with Gasteiger partial charge in [0.25, 0.3) is 0 Å². The SMILES string of the molecule is CCCCCC[Si]Cc1ccccc1. The minimum atomic E-state index is 1.12. The Balaban J connectivity index is 1.99. The Labute approximate surface area is 90.6 Å². The standard InChI is InChI=1S/C13H20Si/c1-2-3-4-8-11-14-12-13-9-6-5-7-10-13/h5-7,9-10H,2-4,8,11-12H2,1H3. The lowest BCUT2D eigenvalue weighted by molar-refractivity contribution is 0.700. The van der Waals surface area contributed by atoms with Gasteiger partial charge in [0.1, 0.15) is 0 Å². The van der Waals surface area contributed by atoms with E-state index < -0.39 is 0 Å². The Morgan fingerprint density at radius 1 is 1.00 bits per heavy atom. The normalized spacial score (nSPS) is 10.4. The van der Waals surface area contributed by atoms with E-state index in [-0.39, 0.29) is 0 Å². The van der Waals surface area contributed by atoms with Crippen molar-refractivity contribution in [2.75, 3.05) is 0 Å². The fourth-order valence-electron chi connectivity index (χ4n) is 1.51. The maximum atomic E-state index is 2.27. The average Bonchev–Trinajstić information content (AvgIpc) is 2.25. The molecule has 0 saturated carbocycles. The number of rotatable bonds is 7. The molecule has 1 rings (SSSR count). The number of hydrogen-bond acceptors (Lipinski definition) is 0. The van der Waals surface area contributed by atoms with Gasteiger partial charge in [0.2, 0.25) is 0 Å². The fraction of sp³-hybridized carbons (Fsp3) is 0.538. The zero-order chi connectivity index (χ0) is 10.1. The molecule has 1 heteroatoms. The third-order valence-corrected chi connectivity index (χ3v) is 3.74. The summed E-state index contributed by atoms with van der Waals surface area (Å²) in [4.78, 5) is 0. The summed E-state index contributed by atoms with van der Waals surface area (Å²) in [5, 5.41) is 0.